The van der Waals surface area contributed by atoms with Crippen molar-refractivity contribution in [3.8, 4) is 0 Å². The van der Waals surface area contributed by atoms with Gasteiger partial charge in [0.15, 0.2) is 0 Å². The van der Waals surface area contributed by atoms with Crippen molar-refractivity contribution in [2.45, 2.75) is 44.7 Å². The normalized spacial score (nSPS) is 29.6. The van der Waals surface area contributed by atoms with Crippen LogP contribution in [-0.2, 0) is 9.59 Å². The van der Waals surface area contributed by atoms with Crippen molar-refractivity contribution in [3.63, 3.8) is 0 Å². The molecule has 1 saturated carbocycles. The fourth-order valence-corrected chi connectivity index (χ4v) is 2.22. The molecule has 5 heteroatoms. The lowest BCUT2D eigenvalue weighted by Gasteiger charge is -2.28. The van der Waals surface area contributed by atoms with E-state index in [0.717, 1.165) is 6.42 Å². The topological polar surface area (TPSA) is 92.4 Å². The van der Waals surface area contributed by atoms with Crippen molar-refractivity contribution in [2.24, 2.45) is 11.1 Å². The largest absolute Gasteiger partial charge is 0.481 e. The zero-order valence-electron chi connectivity index (χ0n) is 10.1. The van der Waals surface area contributed by atoms with Gasteiger partial charge in [0, 0.05) is 6.04 Å². The second-order valence-corrected chi connectivity index (χ2v) is 4.81. The van der Waals surface area contributed by atoms with Crippen molar-refractivity contribution in [1.82, 2.24) is 5.32 Å². The van der Waals surface area contributed by atoms with Crippen LogP contribution < -0.4 is 11.1 Å². The number of aliphatic carboxylic acids is 1. The first-order valence-corrected chi connectivity index (χ1v) is 5.82. The summed E-state index contributed by atoms with van der Waals surface area (Å²) in [5.41, 5.74) is 4.77. The highest BCUT2D eigenvalue weighted by Crippen LogP contribution is 2.38. The number of hydrogen-bond donors (Lipinski definition) is 3. The second-order valence-electron chi connectivity index (χ2n) is 4.81. The van der Waals surface area contributed by atoms with Crippen LogP contribution in [0.2, 0.25) is 0 Å². The summed E-state index contributed by atoms with van der Waals surface area (Å²) in [6.07, 6.45) is 4.06. The van der Waals surface area contributed by atoms with Crippen LogP contribution in [0.4, 0.5) is 0 Å². The Labute approximate surface area is 101 Å². The van der Waals surface area contributed by atoms with Crippen LogP contribution in [0.25, 0.3) is 0 Å². The molecule has 96 valence electrons. The van der Waals surface area contributed by atoms with Crippen molar-refractivity contribution in [1.29, 1.82) is 0 Å². The molecule has 0 spiro atoms. The third kappa shape index (κ3) is 2.85. The van der Waals surface area contributed by atoms with Gasteiger partial charge in [-0.3, -0.25) is 9.59 Å². The lowest BCUT2D eigenvalue weighted by Crippen LogP contribution is -2.51. The molecule has 1 fully saturated rings. The van der Waals surface area contributed by atoms with Crippen LogP contribution in [0.1, 0.15) is 32.6 Å². The number of hydrogen-bond acceptors (Lipinski definition) is 3. The van der Waals surface area contributed by atoms with Crippen molar-refractivity contribution in [3.05, 3.63) is 12.7 Å². The van der Waals surface area contributed by atoms with Crippen LogP contribution in [-0.4, -0.2) is 29.1 Å². The van der Waals surface area contributed by atoms with E-state index in [2.05, 4.69) is 11.9 Å². The SMILES string of the molecule is C=CCC(N)C(=O)NC1CCCC1(C)C(=O)O. The standard InChI is InChI=1S/C12H20N2O3/c1-3-5-8(13)10(15)14-9-6-4-7-12(9,2)11(16)17/h3,8-9H,1,4-7,13H2,2H3,(H,14,15)(H,16,17). The van der Waals surface area contributed by atoms with E-state index in [4.69, 9.17) is 5.73 Å². The number of carboxylic acid groups (broad SMARTS) is 1. The van der Waals surface area contributed by atoms with Gasteiger partial charge in [0.1, 0.15) is 0 Å². The first kappa shape index (κ1) is 13.7. The van der Waals surface area contributed by atoms with Gasteiger partial charge in [0.05, 0.1) is 11.5 Å². The van der Waals surface area contributed by atoms with Crippen LogP contribution in [0.5, 0.6) is 0 Å². The highest BCUT2D eigenvalue weighted by molar-refractivity contribution is 5.83. The van der Waals surface area contributed by atoms with Gasteiger partial charge in [-0.1, -0.05) is 12.5 Å². The van der Waals surface area contributed by atoms with Gasteiger partial charge >= 0.3 is 5.97 Å². The summed E-state index contributed by atoms with van der Waals surface area (Å²) in [5.74, 6) is -1.16. The third-order valence-corrected chi connectivity index (χ3v) is 3.52. The van der Waals surface area contributed by atoms with Gasteiger partial charge in [-0.15, -0.1) is 6.58 Å². The van der Waals surface area contributed by atoms with E-state index < -0.39 is 17.4 Å². The van der Waals surface area contributed by atoms with E-state index in [1.807, 2.05) is 0 Å². The Hall–Kier alpha value is -1.36. The summed E-state index contributed by atoms with van der Waals surface area (Å²) in [5, 5.41) is 11.9. The van der Waals surface area contributed by atoms with E-state index in [0.29, 0.717) is 19.3 Å². The van der Waals surface area contributed by atoms with E-state index >= 15 is 0 Å². The predicted octanol–water partition coefficient (Wildman–Crippen LogP) is 0.649. The lowest BCUT2D eigenvalue weighted by molar-refractivity contribution is -0.149. The molecule has 5 nitrogen and oxygen atoms in total. The van der Waals surface area contributed by atoms with Crippen LogP contribution >= 0.6 is 0 Å². The summed E-state index contributed by atoms with van der Waals surface area (Å²) >= 11 is 0. The van der Waals surface area contributed by atoms with Crippen LogP contribution in [0.15, 0.2) is 12.7 Å². The number of carbonyl (C=O) groups is 2. The fraction of sp³-hybridized carbons (Fsp3) is 0.667. The minimum absolute atomic E-state index is 0.302. The molecule has 1 aliphatic rings. The lowest BCUT2D eigenvalue weighted by atomic mass is 9.85. The molecular weight excluding hydrogens is 220 g/mol. The molecular formula is C12H20N2O3. The first-order chi connectivity index (χ1) is 7.91. The fourth-order valence-electron chi connectivity index (χ4n) is 2.22. The van der Waals surface area contributed by atoms with Crippen LogP contribution in [0.3, 0.4) is 0 Å². The van der Waals surface area contributed by atoms with Gasteiger partial charge in [-0.2, -0.15) is 0 Å². The van der Waals surface area contributed by atoms with Gasteiger partial charge in [0.25, 0.3) is 0 Å². The quantitative estimate of drug-likeness (QED) is 0.615. The Kier molecular flexibility index (Phi) is 4.28. The number of nitrogens with two attached hydrogens (primary N) is 1. The molecule has 0 heterocycles. The molecule has 0 bridgehead atoms. The molecule has 0 aromatic rings. The zero-order chi connectivity index (χ0) is 13.1. The minimum Gasteiger partial charge on any atom is -0.481 e. The summed E-state index contributed by atoms with van der Waals surface area (Å²) in [6, 6.07) is -0.977. The number of carboxylic acids is 1. The van der Waals surface area contributed by atoms with E-state index in [-0.39, 0.29) is 11.9 Å². The Morgan fingerprint density at radius 1 is 1.71 bits per heavy atom. The average Bonchev–Trinajstić information content (AvgIpc) is 2.62. The molecule has 0 aromatic carbocycles. The second kappa shape index (κ2) is 5.31. The Morgan fingerprint density at radius 2 is 2.35 bits per heavy atom. The highest BCUT2D eigenvalue weighted by Gasteiger charge is 2.46. The summed E-state index contributed by atoms with van der Waals surface area (Å²) in [4.78, 5) is 22.9. The van der Waals surface area contributed by atoms with Gasteiger partial charge in [0.2, 0.25) is 5.91 Å². The maximum atomic E-state index is 11.7. The Bertz CT molecular complexity index is 330. The minimum atomic E-state index is -0.871. The Morgan fingerprint density at radius 3 is 2.88 bits per heavy atom. The third-order valence-electron chi connectivity index (χ3n) is 3.52. The van der Waals surface area contributed by atoms with Gasteiger partial charge in [-0.05, 0) is 26.2 Å². The molecule has 3 atom stereocenters. The number of rotatable bonds is 5. The van der Waals surface area contributed by atoms with Crippen molar-refractivity contribution in [2.75, 3.05) is 0 Å². The van der Waals surface area contributed by atoms with E-state index in [9.17, 15) is 14.7 Å². The molecule has 4 N–H and O–H groups in total. The summed E-state index contributed by atoms with van der Waals surface area (Å²) in [6.45, 7) is 5.19. The van der Waals surface area contributed by atoms with Crippen molar-refractivity contribution < 1.29 is 14.7 Å². The molecule has 1 aliphatic carbocycles. The molecule has 0 aromatic heterocycles. The average molecular weight is 240 g/mol. The van der Waals surface area contributed by atoms with E-state index in [1.54, 1.807) is 13.0 Å². The van der Waals surface area contributed by atoms with Crippen LogP contribution in [0, 0.1) is 5.41 Å². The van der Waals surface area contributed by atoms with Gasteiger partial charge < -0.3 is 16.2 Å². The summed E-state index contributed by atoms with van der Waals surface area (Å²) in [7, 11) is 0. The van der Waals surface area contributed by atoms with E-state index in [1.165, 1.54) is 0 Å². The zero-order valence-corrected chi connectivity index (χ0v) is 10.1. The summed E-state index contributed by atoms with van der Waals surface area (Å²) < 4.78 is 0. The molecule has 0 saturated heterocycles. The maximum absolute atomic E-state index is 11.7. The predicted molar refractivity (Wildman–Crippen MR) is 64.3 cm³/mol. The van der Waals surface area contributed by atoms with Gasteiger partial charge in [-0.25, -0.2) is 0 Å². The molecule has 1 rings (SSSR count). The number of carbonyl (C=O) groups excluding carboxylic acids is 1. The molecule has 17 heavy (non-hydrogen) atoms. The van der Waals surface area contributed by atoms with Crippen molar-refractivity contribution >= 4 is 11.9 Å². The molecule has 1 amide bonds. The Balaban J connectivity index is 2.65. The number of amides is 1. The monoisotopic (exact) mass is 240 g/mol. The molecule has 0 aliphatic heterocycles. The molecule has 3 unspecified atom stereocenters. The molecule has 0 radical (unpaired) electrons. The maximum Gasteiger partial charge on any atom is 0.311 e. The first-order valence-electron chi connectivity index (χ1n) is 5.82. The number of nitrogens with one attached hydrogen (secondary N) is 1. The smallest absolute Gasteiger partial charge is 0.311 e. The highest BCUT2D eigenvalue weighted by atomic mass is 16.4.